The van der Waals surface area contributed by atoms with Crippen LogP contribution in [0.2, 0.25) is 0 Å². The van der Waals surface area contributed by atoms with Crippen LogP contribution in [0.25, 0.3) is 0 Å². The molecule has 0 aliphatic rings. The zero-order valence-corrected chi connectivity index (χ0v) is 49.2. The highest BCUT2D eigenvalue weighted by Crippen LogP contribution is 2.38. The molecule has 0 heterocycles. The van der Waals surface area contributed by atoms with Gasteiger partial charge in [0.25, 0.3) is 7.82 Å². The van der Waals surface area contributed by atoms with E-state index in [2.05, 4.69) is 104 Å². The molecule has 0 fully saturated rings. The first kappa shape index (κ1) is 70.7. The van der Waals surface area contributed by atoms with Crippen molar-refractivity contribution in [1.29, 1.82) is 0 Å². The van der Waals surface area contributed by atoms with Crippen molar-refractivity contribution < 1.29 is 32.9 Å². The Kier molecular flexibility index (Phi) is 52.7. The Morgan fingerprint density at radius 1 is 0.493 bits per heavy atom. The summed E-state index contributed by atoms with van der Waals surface area (Å²) >= 11 is 0. The number of rotatable bonds is 55. The number of nitrogens with one attached hydrogen (secondary N) is 1. The average Bonchev–Trinajstić information content (AvgIpc) is 3.35. The molecule has 0 bridgehead atoms. The fraction of sp³-hybridized carbons (Fsp3) is 0.766. The third kappa shape index (κ3) is 57.2. The second-order valence-electron chi connectivity index (χ2n) is 21.7. The highest BCUT2D eigenvalue weighted by atomic mass is 31.2. The maximum Gasteiger partial charge on any atom is 0.268 e. The lowest BCUT2D eigenvalue weighted by Crippen LogP contribution is -2.46. The van der Waals surface area contributed by atoms with Gasteiger partial charge in [-0.1, -0.05) is 272 Å². The van der Waals surface area contributed by atoms with Gasteiger partial charge in [-0.3, -0.25) is 9.36 Å². The number of nitrogens with zero attached hydrogens (tertiary/aromatic N) is 1. The van der Waals surface area contributed by atoms with Gasteiger partial charge in [-0.2, -0.15) is 0 Å². The molecule has 0 aromatic carbocycles. The van der Waals surface area contributed by atoms with Crippen molar-refractivity contribution in [3.63, 3.8) is 0 Å². The van der Waals surface area contributed by atoms with E-state index in [0.717, 1.165) is 103 Å². The lowest BCUT2D eigenvalue weighted by molar-refractivity contribution is -0.870. The van der Waals surface area contributed by atoms with Crippen LogP contribution in [0.3, 0.4) is 0 Å². The van der Waals surface area contributed by atoms with Gasteiger partial charge in [-0.15, -0.1) is 0 Å². The Morgan fingerprint density at radius 2 is 0.836 bits per heavy atom. The molecule has 3 unspecified atom stereocenters. The number of aliphatic hydroxyl groups is 1. The summed E-state index contributed by atoms with van der Waals surface area (Å²) < 4.78 is 23.5. The van der Waals surface area contributed by atoms with Crippen LogP contribution in [-0.2, 0) is 18.4 Å². The molecule has 0 aromatic rings. The van der Waals surface area contributed by atoms with Gasteiger partial charge in [0.15, 0.2) is 0 Å². The molecule has 0 aliphatic heterocycles. The van der Waals surface area contributed by atoms with Crippen molar-refractivity contribution in [2.24, 2.45) is 0 Å². The first-order valence-electron chi connectivity index (χ1n) is 30.4. The van der Waals surface area contributed by atoms with Crippen LogP contribution in [0, 0.1) is 0 Å². The number of phosphoric acid groups is 1. The number of amides is 1. The van der Waals surface area contributed by atoms with Crippen molar-refractivity contribution in [3.8, 4) is 0 Å². The number of aliphatic hydroxyl groups excluding tert-OH is 1. The van der Waals surface area contributed by atoms with Crippen molar-refractivity contribution in [2.75, 3.05) is 40.9 Å². The fourth-order valence-electron chi connectivity index (χ4n) is 8.67. The Morgan fingerprint density at radius 3 is 1.22 bits per heavy atom. The average molecular weight is 1040 g/mol. The molecule has 1 amide bonds. The zero-order chi connectivity index (χ0) is 53.5. The number of likely N-dealkylation sites (N-methyl/N-ethyl adjacent to an activating group) is 1. The quantitative estimate of drug-likeness (QED) is 0.0272. The van der Waals surface area contributed by atoms with E-state index in [0.29, 0.717) is 23.9 Å². The molecule has 8 nitrogen and oxygen atoms in total. The monoisotopic (exact) mass is 1040 g/mol. The number of allylic oxidation sites excluding steroid dienone is 14. The van der Waals surface area contributed by atoms with Gasteiger partial charge < -0.3 is 28.8 Å². The van der Waals surface area contributed by atoms with Crippen LogP contribution < -0.4 is 10.2 Å². The molecular formula is C64H117N2O6P. The highest BCUT2D eigenvalue weighted by molar-refractivity contribution is 7.45. The van der Waals surface area contributed by atoms with Crippen molar-refractivity contribution >= 4 is 13.7 Å². The third-order valence-electron chi connectivity index (χ3n) is 13.4. The maximum absolute atomic E-state index is 13.0. The summed E-state index contributed by atoms with van der Waals surface area (Å²) in [5.74, 6) is -0.184. The van der Waals surface area contributed by atoms with Gasteiger partial charge in [0, 0.05) is 6.42 Å². The molecule has 0 radical (unpaired) electrons. The van der Waals surface area contributed by atoms with E-state index in [4.69, 9.17) is 9.05 Å². The summed E-state index contributed by atoms with van der Waals surface area (Å²) in [4.78, 5) is 25.6. The smallest absolute Gasteiger partial charge is 0.268 e. The third-order valence-corrected chi connectivity index (χ3v) is 14.4. The predicted octanol–water partition coefficient (Wildman–Crippen LogP) is 18.2. The SMILES string of the molecule is CC/C=C\C/C=C\C/C=C\C/C=C\C/C=C\C/C=C\C/C=C\CCCCCCCC(=O)NC(COP(=O)([O-])OCC[N+](C)(C)C)C(O)CCCCCCCCCCCCCCCCCCCCCCCCCC. The summed E-state index contributed by atoms with van der Waals surface area (Å²) in [6.07, 6.45) is 76.2. The van der Waals surface area contributed by atoms with E-state index in [1.54, 1.807) is 0 Å². The molecule has 9 heteroatoms. The Labute approximate surface area is 452 Å². The van der Waals surface area contributed by atoms with E-state index >= 15 is 0 Å². The molecule has 0 saturated heterocycles. The molecule has 73 heavy (non-hydrogen) atoms. The molecular weight excluding hydrogens is 924 g/mol. The number of hydrogen-bond acceptors (Lipinski definition) is 6. The summed E-state index contributed by atoms with van der Waals surface area (Å²) in [7, 11) is 1.28. The summed E-state index contributed by atoms with van der Waals surface area (Å²) in [6.45, 7) is 4.61. The van der Waals surface area contributed by atoms with Gasteiger partial charge >= 0.3 is 0 Å². The summed E-state index contributed by atoms with van der Waals surface area (Å²) in [6, 6.07) is -0.819. The van der Waals surface area contributed by atoms with Crippen LogP contribution >= 0.6 is 7.82 Å². The predicted molar refractivity (Wildman–Crippen MR) is 316 cm³/mol. The summed E-state index contributed by atoms with van der Waals surface area (Å²) in [5.41, 5.74) is 0. The minimum atomic E-state index is -4.59. The lowest BCUT2D eigenvalue weighted by atomic mass is 10.0. The fourth-order valence-corrected chi connectivity index (χ4v) is 9.39. The van der Waals surface area contributed by atoms with Crippen LogP contribution in [0.4, 0.5) is 0 Å². The van der Waals surface area contributed by atoms with Crippen LogP contribution in [0.15, 0.2) is 85.1 Å². The first-order chi connectivity index (χ1) is 35.5. The Balaban J connectivity index is 4.22. The van der Waals surface area contributed by atoms with Gasteiger partial charge in [0.1, 0.15) is 13.2 Å². The first-order valence-corrected chi connectivity index (χ1v) is 31.9. The van der Waals surface area contributed by atoms with Crippen LogP contribution in [-0.4, -0.2) is 68.5 Å². The van der Waals surface area contributed by atoms with Gasteiger partial charge in [-0.05, 0) is 70.6 Å². The second-order valence-corrected chi connectivity index (χ2v) is 23.1. The largest absolute Gasteiger partial charge is 0.756 e. The van der Waals surface area contributed by atoms with E-state index in [1.165, 1.54) is 135 Å². The van der Waals surface area contributed by atoms with Gasteiger partial charge in [0.05, 0.1) is 39.9 Å². The van der Waals surface area contributed by atoms with Crippen molar-refractivity contribution in [3.05, 3.63) is 85.1 Å². The number of unbranched alkanes of at least 4 members (excludes halogenated alkanes) is 28. The summed E-state index contributed by atoms with van der Waals surface area (Å²) in [5, 5.41) is 14.0. The molecule has 2 N–H and O–H groups in total. The Bertz CT molecular complexity index is 1460. The number of quaternary nitrogens is 1. The minimum absolute atomic E-state index is 0.00397. The number of carbonyl (C=O) groups excluding carboxylic acids is 1. The van der Waals surface area contributed by atoms with E-state index in [1.807, 2.05) is 21.1 Å². The number of carbonyl (C=O) groups is 1. The standard InChI is InChI=1S/C64H117N2O6P/c1-6-8-10-12-14-16-18-20-22-24-26-28-30-32-33-34-36-38-40-42-44-46-48-50-52-54-56-58-64(68)65-62(61-72-73(69,70)71-60-59-66(3,4)5)63(67)57-55-53-51-49-47-45-43-41-39-37-35-31-29-27-25-23-21-19-17-15-13-11-9-7-2/h8,10,14,16,20,22,26,28,32-33,36,38,42,44,62-63,67H,6-7,9,11-13,15,17-19,21,23-25,27,29-31,34-35,37,39-41,43,45-61H2,1-5H3,(H-,65,68,69,70)/b10-8-,16-14-,22-20-,28-26-,33-32-,38-36-,44-42-. The van der Waals surface area contributed by atoms with Crippen molar-refractivity contribution in [2.45, 2.75) is 276 Å². The molecule has 0 aliphatic carbocycles. The molecule has 0 saturated carbocycles. The van der Waals surface area contributed by atoms with Gasteiger partial charge in [0.2, 0.25) is 5.91 Å². The van der Waals surface area contributed by atoms with E-state index < -0.39 is 20.0 Å². The number of phosphoric ester groups is 1. The second kappa shape index (κ2) is 54.5. The van der Waals surface area contributed by atoms with E-state index in [-0.39, 0.29) is 19.1 Å². The molecule has 424 valence electrons. The molecule has 3 atom stereocenters. The zero-order valence-electron chi connectivity index (χ0n) is 48.3. The Hall–Kier alpha value is -2.32. The van der Waals surface area contributed by atoms with Crippen molar-refractivity contribution in [1.82, 2.24) is 5.32 Å². The molecule has 0 aromatic heterocycles. The lowest BCUT2D eigenvalue weighted by Gasteiger charge is -2.30. The maximum atomic E-state index is 13.0. The molecule has 0 rings (SSSR count). The topological polar surface area (TPSA) is 108 Å². The van der Waals surface area contributed by atoms with E-state index in [9.17, 15) is 19.4 Å². The minimum Gasteiger partial charge on any atom is -0.756 e. The normalized spacial score (nSPS) is 14.5. The van der Waals surface area contributed by atoms with Gasteiger partial charge in [-0.25, -0.2) is 0 Å². The molecule has 0 spiro atoms. The number of hydrogen-bond donors (Lipinski definition) is 2. The van der Waals surface area contributed by atoms with Crippen LogP contribution in [0.5, 0.6) is 0 Å². The van der Waals surface area contributed by atoms with Crippen LogP contribution in [0.1, 0.15) is 264 Å². The highest BCUT2D eigenvalue weighted by Gasteiger charge is 2.24.